The van der Waals surface area contributed by atoms with Crippen LogP contribution in [0.25, 0.3) is 0 Å². The normalized spacial score (nSPS) is 22.8. The molecule has 0 spiro atoms. The van der Waals surface area contributed by atoms with E-state index in [0.29, 0.717) is 0 Å². The van der Waals surface area contributed by atoms with Crippen LogP contribution in [0.15, 0.2) is 0 Å². The van der Waals surface area contributed by atoms with Gasteiger partial charge in [0.2, 0.25) is 6.10 Å². The van der Waals surface area contributed by atoms with Crippen molar-refractivity contribution in [3.63, 3.8) is 0 Å². The van der Waals surface area contributed by atoms with Crippen LogP contribution in [0.5, 0.6) is 0 Å². The third kappa shape index (κ3) is 2.40. The van der Waals surface area contributed by atoms with E-state index in [1.165, 1.54) is 0 Å². The van der Waals surface area contributed by atoms with Gasteiger partial charge >= 0.3 is 6.16 Å². The molecule has 0 aromatic carbocycles. The molecule has 2 aliphatic carbocycles. The number of carbonyl (C=O) groups is 3. The Morgan fingerprint density at radius 1 is 1.00 bits per heavy atom. The van der Waals surface area contributed by atoms with Crippen LogP contribution in [0.1, 0.15) is 38.5 Å². The molecule has 0 radical (unpaired) electrons. The average molecular weight is 226 g/mol. The van der Waals surface area contributed by atoms with E-state index < -0.39 is 12.3 Å². The Morgan fingerprint density at radius 2 is 1.56 bits per heavy atom. The quantitative estimate of drug-likeness (QED) is 0.525. The second kappa shape index (κ2) is 4.63. The predicted octanol–water partition coefficient (Wildman–Crippen LogP) is 1.38. The summed E-state index contributed by atoms with van der Waals surface area (Å²) in [6.45, 7) is 0. The van der Waals surface area contributed by atoms with Gasteiger partial charge in [0.15, 0.2) is 11.6 Å². The average Bonchev–Trinajstić information content (AvgIpc) is 2.83. The van der Waals surface area contributed by atoms with Crippen LogP contribution in [0.4, 0.5) is 4.79 Å². The highest BCUT2D eigenvalue weighted by Crippen LogP contribution is 2.22. The van der Waals surface area contributed by atoms with Crippen molar-refractivity contribution in [3.8, 4) is 0 Å². The molecule has 0 heterocycles. The summed E-state index contributed by atoms with van der Waals surface area (Å²) >= 11 is 0. The van der Waals surface area contributed by atoms with Gasteiger partial charge in [0.25, 0.3) is 0 Å². The molecule has 0 bridgehead atoms. The molecule has 16 heavy (non-hydrogen) atoms. The summed E-state index contributed by atoms with van der Waals surface area (Å²) < 4.78 is 9.74. The van der Waals surface area contributed by atoms with Crippen molar-refractivity contribution in [2.45, 2.75) is 50.7 Å². The van der Waals surface area contributed by atoms with Crippen LogP contribution in [0.2, 0.25) is 0 Å². The summed E-state index contributed by atoms with van der Waals surface area (Å²) in [6, 6.07) is 0. The molecule has 88 valence electrons. The van der Waals surface area contributed by atoms with Crippen LogP contribution in [-0.2, 0) is 19.1 Å². The van der Waals surface area contributed by atoms with E-state index in [-0.39, 0.29) is 30.5 Å². The maximum absolute atomic E-state index is 11.3. The Hall–Kier alpha value is -1.39. The second-order valence-electron chi connectivity index (χ2n) is 4.20. The minimum absolute atomic E-state index is 0.112. The van der Waals surface area contributed by atoms with Gasteiger partial charge in [-0.1, -0.05) is 0 Å². The monoisotopic (exact) mass is 226 g/mol. The molecule has 0 atom stereocenters. The molecule has 0 unspecified atom stereocenters. The van der Waals surface area contributed by atoms with Crippen LogP contribution >= 0.6 is 0 Å². The highest BCUT2D eigenvalue weighted by Gasteiger charge is 2.37. The van der Waals surface area contributed by atoms with E-state index >= 15 is 0 Å². The Labute approximate surface area is 93.1 Å². The fourth-order valence-corrected chi connectivity index (χ4v) is 2.09. The zero-order valence-electron chi connectivity index (χ0n) is 8.94. The number of ketones is 2. The first-order chi connectivity index (χ1) is 7.66. The summed E-state index contributed by atoms with van der Waals surface area (Å²) in [5.74, 6) is -0.651. The number of Topliss-reactive ketones (excluding diaryl/α,β-unsaturated/α-hetero) is 2. The summed E-state index contributed by atoms with van der Waals surface area (Å²) in [6.07, 6.45) is 1.87. The maximum Gasteiger partial charge on any atom is 0.509 e. The smallest absolute Gasteiger partial charge is 0.431 e. The lowest BCUT2D eigenvalue weighted by Gasteiger charge is -2.13. The first kappa shape index (κ1) is 11.1. The summed E-state index contributed by atoms with van der Waals surface area (Å²) in [7, 11) is 0. The van der Waals surface area contributed by atoms with Crippen molar-refractivity contribution in [1.29, 1.82) is 0 Å². The molecule has 5 heteroatoms. The molecule has 0 N–H and O–H groups in total. The molecule has 2 rings (SSSR count). The molecule has 2 fully saturated rings. The van der Waals surface area contributed by atoms with Crippen molar-refractivity contribution in [3.05, 3.63) is 0 Å². The fraction of sp³-hybridized carbons (Fsp3) is 0.727. The first-order valence-corrected chi connectivity index (χ1v) is 5.59. The van der Waals surface area contributed by atoms with Crippen molar-refractivity contribution in [2.24, 2.45) is 0 Å². The molecule has 0 amide bonds. The van der Waals surface area contributed by atoms with E-state index in [9.17, 15) is 14.4 Å². The van der Waals surface area contributed by atoms with Gasteiger partial charge in [-0.05, 0) is 25.7 Å². The SMILES string of the molecule is O=C(OC1CCCC1)OC1C(=O)CCC1=O. The lowest BCUT2D eigenvalue weighted by Crippen LogP contribution is -2.30. The van der Waals surface area contributed by atoms with Gasteiger partial charge in [0, 0.05) is 12.8 Å². The summed E-state index contributed by atoms with van der Waals surface area (Å²) in [5, 5.41) is 0. The van der Waals surface area contributed by atoms with Crippen LogP contribution in [-0.4, -0.2) is 29.9 Å². The largest absolute Gasteiger partial charge is 0.509 e. The van der Waals surface area contributed by atoms with Gasteiger partial charge < -0.3 is 9.47 Å². The Kier molecular flexibility index (Phi) is 3.22. The highest BCUT2D eigenvalue weighted by molar-refractivity contribution is 6.12. The Morgan fingerprint density at radius 3 is 2.12 bits per heavy atom. The van der Waals surface area contributed by atoms with Crippen LogP contribution < -0.4 is 0 Å². The van der Waals surface area contributed by atoms with E-state index in [0.717, 1.165) is 25.7 Å². The standard InChI is InChI=1S/C11H14O5/c12-8-5-6-9(13)10(8)16-11(14)15-7-3-1-2-4-7/h7,10H,1-6H2. The molecule has 2 saturated carbocycles. The number of hydrogen-bond acceptors (Lipinski definition) is 5. The molecule has 5 nitrogen and oxygen atoms in total. The molecule has 0 aromatic heterocycles. The van der Waals surface area contributed by atoms with Crippen molar-refractivity contribution < 1.29 is 23.9 Å². The van der Waals surface area contributed by atoms with E-state index in [4.69, 9.17) is 9.47 Å². The summed E-state index contributed by atoms with van der Waals surface area (Å²) in [5.41, 5.74) is 0. The fourth-order valence-electron chi connectivity index (χ4n) is 2.09. The number of carbonyl (C=O) groups excluding carboxylic acids is 3. The van der Waals surface area contributed by atoms with Gasteiger partial charge in [-0.3, -0.25) is 9.59 Å². The first-order valence-electron chi connectivity index (χ1n) is 5.59. The molecular weight excluding hydrogens is 212 g/mol. The molecule has 2 aliphatic rings. The zero-order chi connectivity index (χ0) is 11.5. The lowest BCUT2D eigenvalue weighted by molar-refractivity contribution is -0.135. The van der Waals surface area contributed by atoms with Crippen molar-refractivity contribution >= 4 is 17.7 Å². The minimum atomic E-state index is -1.21. The third-order valence-corrected chi connectivity index (χ3v) is 2.98. The number of rotatable bonds is 2. The van der Waals surface area contributed by atoms with Crippen LogP contribution in [0.3, 0.4) is 0 Å². The second-order valence-corrected chi connectivity index (χ2v) is 4.20. The molecular formula is C11H14O5. The molecule has 0 aromatic rings. The Bertz CT molecular complexity index is 300. The van der Waals surface area contributed by atoms with Gasteiger partial charge in [-0.15, -0.1) is 0 Å². The zero-order valence-corrected chi connectivity index (χ0v) is 8.94. The van der Waals surface area contributed by atoms with Crippen molar-refractivity contribution in [2.75, 3.05) is 0 Å². The van der Waals surface area contributed by atoms with E-state index in [2.05, 4.69) is 0 Å². The highest BCUT2D eigenvalue weighted by atomic mass is 16.7. The topological polar surface area (TPSA) is 69.7 Å². The van der Waals surface area contributed by atoms with Gasteiger partial charge in [-0.25, -0.2) is 4.79 Å². The van der Waals surface area contributed by atoms with Gasteiger partial charge in [0.1, 0.15) is 6.10 Å². The van der Waals surface area contributed by atoms with E-state index in [1.54, 1.807) is 0 Å². The van der Waals surface area contributed by atoms with E-state index in [1.807, 2.05) is 0 Å². The van der Waals surface area contributed by atoms with Gasteiger partial charge in [-0.2, -0.15) is 0 Å². The minimum Gasteiger partial charge on any atom is -0.431 e. The van der Waals surface area contributed by atoms with Gasteiger partial charge in [0.05, 0.1) is 0 Å². The predicted molar refractivity (Wildman–Crippen MR) is 52.9 cm³/mol. The maximum atomic E-state index is 11.3. The Balaban J connectivity index is 1.82. The summed E-state index contributed by atoms with van der Waals surface area (Å²) in [4.78, 5) is 33.7. The van der Waals surface area contributed by atoms with Crippen molar-refractivity contribution in [1.82, 2.24) is 0 Å². The molecule has 0 saturated heterocycles. The van der Waals surface area contributed by atoms with Crippen LogP contribution in [0, 0.1) is 0 Å². The third-order valence-electron chi connectivity index (χ3n) is 2.98. The number of ether oxygens (including phenoxy) is 2. The number of hydrogen-bond donors (Lipinski definition) is 0. The lowest BCUT2D eigenvalue weighted by atomic mass is 10.3. The molecule has 0 aliphatic heterocycles.